The van der Waals surface area contributed by atoms with Crippen molar-refractivity contribution in [2.45, 2.75) is 19.9 Å². The number of non-ortho nitro benzene ring substituents is 1. The van der Waals surface area contributed by atoms with Crippen LogP contribution in [0.25, 0.3) is 0 Å². The Morgan fingerprint density at radius 3 is 2.44 bits per heavy atom. The van der Waals surface area contributed by atoms with Gasteiger partial charge in [-0.3, -0.25) is 25.0 Å². The fraction of sp³-hybridized carbons (Fsp3) is 0.235. The van der Waals surface area contributed by atoms with Gasteiger partial charge in [-0.2, -0.15) is 0 Å². The third-order valence-corrected chi connectivity index (χ3v) is 4.33. The zero-order chi connectivity index (χ0) is 18.1. The molecule has 0 unspecified atom stereocenters. The van der Waals surface area contributed by atoms with Gasteiger partial charge in [0.1, 0.15) is 5.69 Å². The van der Waals surface area contributed by atoms with Crippen LogP contribution in [0.5, 0.6) is 0 Å². The van der Waals surface area contributed by atoms with Gasteiger partial charge in [-0.25, -0.2) is 0 Å². The Morgan fingerprint density at radius 1 is 1.04 bits per heavy atom. The van der Waals surface area contributed by atoms with Crippen molar-refractivity contribution < 1.29 is 14.6 Å². The van der Waals surface area contributed by atoms with Gasteiger partial charge in [0.15, 0.2) is 5.78 Å². The third kappa shape index (κ3) is 3.18. The quantitative estimate of drug-likeness (QED) is 0.480. The van der Waals surface area contributed by atoms with Crippen LogP contribution in [0.1, 0.15) is 28.4 Å². The van der Waals surface area contributed by atoms with Gasteiger partial charge in [-0.05, 0) is 36.6 Å². The van der Waals surface area contributed by atoms with E-state index < -0.39 is 9.85 Å². The van der Waals surface area contributed by atoms with Gasteiger partial charge >= 0.3 is 0 Å². The summed E-state index contributed by atoms with van der Waals surface area (Å²) in [4.78, 5) is 34.7. The highest BCUT2D eigenvalue weighted by Gasteiger charge is 2.25. The van der Waals surface area contributed by atoms with Crippen molar-refractivity contribution >= 4 is 22.8 Å². The van der Waals surface area contributed by atoms with Crippen LogP contribution in [0.2, 0.25) is 0 Å². The van der Waals surface area contributed by atoms with E-state index in [1.165, 1.54) is 25.1 Å². The summed E-state index contributed by atoms with van der Waals surface area (Å²) >= 11 is 0. The molecule has 0 saturated carbocycles. The molecule has 0 fully saturated rings. The second kappa shape index (κ2) is 6.31. The van der Waals surface area contributed by atoms with E-state index in [1.54, 1.807) is 18.2 Å². The predicted octanol–water partition coefficient (Wildman–Crippen LogP) is 3.27. The van der Waals surface area contributed by atoms with Gasteiger partial charge < -0.3 is 4.90 Å². The molecule has 0 bridgehead atoms. The third-order valence-electron chi connectivity index (χ3n) is 4.33. The molecule has 0 spiro atoms. The zero-order valence-electron chi connectivity index (χ0n) is 13.5. The Bertz CT molecular complexity index is 894. The molecule has 2 aromatic carbocycles. The highest BCUT2D eigenvalue weighted by Crippen LogP contribution is 2.34. The summed E-state index contributed by atoms with van der Waals surface area (Å²) in [7, 11) is 0. The first-order chi connectivity index (χ1) is 11.9. The van der Waals surface area contributed by atoms with E-state index in [0.29, 0.717) is 25.2 Å². The summed E-state index contributed by atoms with van der Waals surface area (Å²) in [6.45, 7) is 2.26. The summed E-state index contributed by atoms with van der Waals surface area (Å²) in [5.74, 6) is -0.241. The summed E-state index contributed by atoms with van der Waals surface area (Å²) in [5, 5.41) is 22.4. The smallest absolute Gasteiger partial charge is 0.293 e. The Kier molecular flexibility index (Phi) is 4.18. The summed E-state index contributed by atoms with van der Waals surface area (Å²) in [6, 6.07) is 9.12. The Balaban J connectivity index is 1.98. The number of fused-ring (bicyclic) bond motifs is 1. The number of benzene rings is 2. The molecular weight excluding hydrogens is 326 g/mol. The van der Waals surface area contributed by atoms with Crippen molar-refractivity contribution in [2.75, 3.05) is 11.4 Å². The second-order valence-corrected chi connectivity index (χ2v) is 5.90. The van der Waals surface area contributed by atoms with Crippen LogP contribution >= 0.6 is 0 Å². The Hall–Kier alpha value is -3.29. The predicted molar refractivity (Wildman–Crippen MR) is 91.0 cm³/mol. The number of rotatable bonds is 4. The van der Waals surface area contributed by atoms with Crippen molar-refractivity contribution in [1.29, 1.82) is 0 Å². The number of nitro benzene ring substituents is 2. The van der Waals surface area contributed by atoms with E-state index >= 15 is 0 Å². The first kappa shape index (κ1) is 16.6. The van der Waals surface area contributed by atoms with Crippen LogP contribution < -0.4 is 4.90 Å². The summed E-state index contributed by atoms with van der Waals surface area (Å²) < 4.78 is 0. The molecule has 25 heavy (non-hydrogen) atoms. The van der Waals surface area contributed by atoms with Gasteiger partial charge in [0, 0.05) is 36.9 Å². The van der Waals surface area contributed by atoms with Crippen LogP contribution in [0.3, 0.4) is 0 Å². The highest BCUT2D eigenvalue weighted by molar-refractivity contribution is 5.95. The second-order valence-electron chi connectivity index (χ2n) is 5.90. The molecule has 0 atom stereocenters. The van der Waals surface area contributed by atoms with Gasteiger partial charge in [0.25, 0.3) is 11.4 Å². The molecule has 0 amide bonds. The molecule has 0 aliphatic carbocycles. The van der Waals surface area contributed by atoms with E-state index in [0.717, 1.165) is 11.1 Å². The molecule has 128 valence electrons. The molecule has 3 rings (SSSR count). The monoisotopic (exact) mass is 341 g/mol. The van der Waals surface area contributed by atoms with Crippen molar-refractivity contribution in [3.05, 3.63) is 73.3 Å². The lowest BCUT2D eigenvalue weighted by Crippen LogP contribution is -2.31. The first-order valence-corrected chi connectivity index (χ1v) is 7.67. The maximum atomic E-state index is 11.5. The molecular formula is C17H15N3O5. The maximum Gasteiger partial charge on any atom is 0.293 e. The van der Waals surface area contributed by atoms with Crippen molar-refractivity contribution in [2.24, 2.45) is 0 Å². The van der Waals surface area contributed by atoms with Crippen LogP contribution in [-0.2, 0) is 13.0 Å². The summed E-state index contributed by atoms with van der Waals surface area (Å²) in [6.07, 6.45) is 0.638. The number of carbonyl (C=O) groups excluding carboxylic acids is 1. The topological polar surface area (TPSA) is 107 Å². The fourth-order valence-electron chi connectivity index (χ4n) is 3.02. The van der Waals surface area contributed by atoms with Gasteiger partial charge in [-0.1, -0.05) is 6.07 Å². The minimum Gasteiger partial charge on any atom is -0.361 e. The number of ketones is 1. The first-order valence-electron chi connectivity index (χ1n) is 7.67. The average molecular weight is 341 g/mol. The molecule has 0 radical (unpaired) electrons. The largest absolute Gasteiger partial charge is 0.361 e. The van der Waals surface area contributed by atoms with Gasteiger partial charge in [0.05, 0.1) is 9.85 Å². The number of anilines is 1. The van der Waals surface area contributed by atoms with Crippen LogP contribution in [0, 0.1) is 20.2 Å². The molecule has 2 aromatic rings. The van der Waals surface area contributed by atoms with E-state index in [-0.39, 0.29) is 22.7 Å². The van der Waals surface area contributed by atoms with Crippen molar-refractivity contribution in [1.82, 2.24) is 0 Å². The molecule has 1 aliphatic rings. The Morgan fingerprint density at radius 2 is 1.80 bits per heavy atom. The van der Waals surface area contributed by atoms with Crippen LogP contribution in [-0.4, -0.2) is 22.2 Å². The number of nitro groups is 2. The maximum absolute atomic E-state index is 11.5. The van der Waals surface area contributed by atoms with Crippen molar-refractivity contribution in [3.8, 4) is 0 Å². The summed E-state index contributed by atoms with van der Waals surface area (Å²) in [5.41, 5.74) is 2.34. The fourth-order valence-corrected chi connectivity index (χ4v) is 3.02. The number of carbonyl (C=O) groups is 1. The number of hydrogen-bond donors (Lipinski definition) is 0. The average Bonchev–Trinajstić information content (AvgIpc) is 2.60. The van der Waals surface area contributed by atoms with Gasteiger partial charge in [-0.15, -0.1) is 0 Å². The number of Topliss-reactive ketones (excluding diaryl/α,β-unsaturated/α-hetero) is 1. The van der Waals surface area contributed by atoms with E-state index in [2.05, 4.69) is 0 Å². The molecule has 8 heteroatoms. The molecule has 8 nitrogen and oxygen atoms in total. The standard InChI is InChI=1S/C17H15N3O5/c1-11(21)13-3-5-16(17(9-13)20(24)25)18-7-6-12-2-4-15(19(22)23)8-14(12)10-18/h2-5,8-9H,6-7,10H2,1H3. The molecule has 1 heterocycles. The minimum absolute atomic E-state index is 0.00188. The molecule has 0 N–H and O–H groups in total. The lowest BCUT2D eigenvalue weighted by molar-refractivity contribution is -0.384. The Labute approximate surface area is 143 Å². The van der Waals surface area contributed by atoms with E-state index in [9.17, 15) is 25.0 Å². The van der Waals surface area contributed by atoms with E-state index in [1.807, 2.05) is 4.90 Å². The minimum atomic E-state index is -0.509. The normalized spacial score (nSPS) is 13.2. The molecule has 1 aliphatic heterocycles. The molecule has 0 saturated heterocycles. The SMILES string of the molecule is CC(=O)c1ccc(N2CCc3ccc([N+](=O)[O-])cc3C2)c([N+](=O)[O-])c1. The van der Waals surface area contributed by atoms with Gasteiger partial charge in [0.2, 0.25) is 0 Å². The van der Waals surface area contributed by atoms with Crippen LogP contribution in [0.4, 0.5) is 17.1 Å². The lowest BCUT2D eigenvalue weighted by atomic mass is 9.98. The van der Waals surface area contributed by atoms with Crippen LogP contribution in [0.15, 0.2) is 36.4 Å². The lowest BCUT2D eigenvalue weighted by Gasteiger charge is -2.30. The zero-order valence-corrected chi connectivity index (χ0v) is 13.5. The highest BCUT2D eigenvalue weighted by atomic mass is 16.6. The number of nitrogens with zero attached hydrogens (tertiary/aromatic N) is 3. The van der Waals surface area contributed by atoms with Crippen molar-refractivity contribution in [3.63, 3.8) is 0 Å². The number of hydrogen-bond acceptors (Lipinski definition) is 6. The molecule has 0 aromatic heterocycles. The van der Waals surface area contributed by atoms with E-state index in [4.69, 9.17) is 0 Å².